The average molecular weight is 808 g/mol. The van der Waals surface area contributed by atoms with Gasteiger partial charge in [-0.2, -0.15) is 0 Å². The molecule has 6 rings (SSSR count). The summed E-state index contributed by atoms with van der Waals surface area (Å²) in [5.41, 5.74) is -8.31. The van der Waals surface area contributed by atoms with Crippen molar-refractivity contribution in [3.05, 3.63) is 71.8 Å². The van der Waals surface area contributed by atoms with Gasteiger partial charge in [-0.1, -0.05) is 69.3 Å². The number of carbonyl (C=O) groups is 6. The lowest BCUT2D eigenvalue weighted by atomic mass is 9.42. The molecule has 3 saturated carbocycles. The van der Waals surface area contributed by atoms with Gasteiger partial charge in [0.05, 0.1) is 35.6 Å². The second-order valence-electron chi connectivity index (χ2n) is 17.9. The van der Waals surface area contributed by atoms with Crippen LogP contribution in [0.2, 0.25) is 0 Å². The molecule has 1 heterocycles. The van der Waals surface area contributed by atoms with E-state index in [0.717, 1.165) is 6.92 Å². The third kappa shape index (κ3) is 7.09. The van der Waals surface area contributed by atoms with E-state index in [9.17, 15) is 44.1 Å². The number of nitrogens with one attached hydrogen (secondary N) is 1. The van der Waals surface area contributed by atoms with Crippen LogP contribution in [0.3, 0.4) is 0 Å². The number of ether oxygens (including phenoxy) is 5. The Morgan fingerprint density at radius 3 is 2.10 bits per heavy atom. The number of fused-ring (bicyclic) bond motifs is 5. The number of Topliss-reactive ketones (excluding diaryl/α,β-unsaturated/α-hetero) is 2. The van der Waals surface area contributed by atoms with Crippen LogP contribution >= 0.6 is 0 Å². The molecule has 0 aromatic heterocycles. The van der Waals surface area contributed by atoms with Crippen LogP contribution in [0.4, 0.5) is 4.79 Å². The molecule has 15 nitrogen and oxygen atoms in total. The van der Waals surface area contributed by atoms with Gasteiger partial charge in [-0.05, 0) is 45.4 Å². The van der Waals surface area contributed by atoms with Gasteiger partial charge in [0.1, 0.15) is 29.5 Å². The van der Waals surface area contributed by atoms with Crippen LogP contribution < -0.4 is 5.32 Å². The van der Waals surface area contributed by atoms with E-state index in [0.29, 0.717) is 5.56 Å². The van der Waals surface area contributed by atoms with Crippen molar-refractivity contribution in [1.29, 1.82) is 0 Å². The molecule has 1 saturated heterocycles. The summed E-state index contributed by atoms with van der Waals surface area (Å²) in [5, 5.41) is 39.3. The summed E-state index contributed by atoms with van der Waals surface area (Å²) in [5.74, 6) is -8.93. The van der Waals surface area contributed by atoms with E-state index in [2.05, 4.69) is 5.32 Å². The Balaban J connectivity index is 1.46. The molecule has 1 aliphatic heterocycles. The maximum Gasteiger partial charge on any atom is 0.408 e. The number of aliphatic hydroxyl groups is 3. The molecule has 314 valence electrons. The van der Waals surface area contributed by atoms with Crippen LogP contribution in [-0.4, -0.2) is 105 Å². The summed E-state index contributed by atoms with van der Waals surface area (Å²) in [4.78, 5) is 83.6. The number of ketones is 2. The van der Waals surface area contributed by atoms with E-state index in [4.69, 9.17) is 23.7 Å². The molecule has 1 amide bonds. The Morgan fingerprint density at radius 2 is 1.55 bits per heavy atom. The van der Waals surface area contributed by atoms with Gasteiger partial charge in [-0.3, -0.25) is 14.4 Å². The summed E-state index contributed by atoms with van der Waals surface area (Å²) >= 11 is 0. The van der Waals surface area contributed by atoms with Crippen LogP contribution in [0, 0.1) is 28.6 Å². The van der Waals surface area contributed by atoms with Crippen molar-refractivity contribution in [3.8, 4) is 0 Å². The molecule has 2 bridgehead atoms. The number of benzene rings is 2. The first kappa shape index (κ1) is 42.9. The molecule has 0 radical (unpaired) electrons. The van der Waals surface area contributed by atoms with Crippen molar-refractivity contribution >= 4 is 35.6 Å². The van der Waals surface area contributed by atoms with Gasteiger partial charge < -0.3 is 44.3 Å². The largest absolute Gasteiger partial charge is 0.460 e. The first-order valence-corrected chi connectivity index (χ1v) is 19.5. The van der Waals surface area contributed by atoms with Crippen molar-refractivity contribution in [2.24, 2.45) is 28.6 Å². The predicted molar refractivity (Wildman–Crippen MR) is 203 cm³/mol. The summed E-state index contributed by atoms with van der Waals surface area (Å²) in [6.45, 7) is 11.8. The van der Waals surface area contributed by atoms with E-state index >= 15 is 0 Å². The van der Waals surface area contributed by atoms with Gasteiger partial charge in [0.15, 0.2) is 11.7 Å². The molecular formula is C43H53NO14. The fraction of sp³-hybridized carbons (Fsp3) is 0.581. The van der Waals surface area contributed by atoms with E-state index in [1.165, 1.54) is 19.1 Å². The standard InChI is InChI=1S/C43H53NO14/c1-22-26(55-37(51)32(48)30(24-15-11-9-12-16-24)44-38(52)58-39(3,4)5)20-43(53)35(56-36(50)25-17-13-10-14-18-25)33-41(8,34(49)31(47)29(22)40(43,6)7)27(46)19-28-42(33,21-54-28)57-23(2)45/h9-18,22,26-30,32-33,35,46,48,53H,19-21H2,1-8H3,(H,44,52)/t22?,26-,27-,28+,29?,30-,32-,33-,35-,41+,42-,43+/m0/s1. The Kier molecular flexibility index (Phi) is 11.2. The maximum atomic E-state index is 14.9. The molecule has 0 spiro atoms. The Hall–Kier alpha value is -4.70. The van der Waals surface area contributed by atoms with Crippen molar-refractivity contribution in [2.75, 3.05) is 6.61 Å². The maximum absolute atomic E-state index is 14.9. The summed E-state index contributed by atoms with van der Waals surface area (Å²) in [6.07, 6.45) is -9.48. The minimum Gasteiger partial charge on any atom is -0.460 e. The van der Waals surface area contributed by atoms with Crippen LogP contribution in [0.5, 0.6) is 0 Å². The first-order valence-electron chi connectivity index (χ1n) is 19.5. The van der Waals surface area contributed by atoms with Gasteiger partial charge in [0, 0.05) is 37.0 Å². The van der Waals surface area contributed by atoms with Crippen LogP contribution in [-0.2, 0) is 42.9 Å². The summed E-state index contributed by atoms with van der Waals surface area (Å²) in [7, 11) is 0. The molecule has 2 aromatic rings. The van der Waals surface area contributed by atoms with Crippen molar-refractivity contribution in [3.63, 3.8) is 0 Å². The predicted octanol–water partition coefficient (Wildman–Crippen LogP) is 3.40. The van der Waals surface area contributed by atoms with E-state index in [1.807, 2.05) is 0 Å². The lowest BCUT2D eigenvalue weighted by molar-refractivity contribution is -0.350. The number of hydrogen-bond donors (Lipinski definition) is 4. The molecule has 3 aliphatic carbocycles. The zero-order valence-electron chi connectivity index (χ0n) is 33.9. The minimum atomic E-state index is -2.36. The molecule has 4 fully saturated rings. The van der Waals surface area contributed by atoms with Gasteiger partial charge in [-0.25, -0.2) is 14.4 Å². The van der Waals surface area contributed by atoms with Crippen molar-refractivity contribution in [2.45, 2.75) is 122 Å². The molecule has 12 atom stereocenters. The van der Waals surface area contributed by atoms with Crippen LogP contribution in [0.1, 0.15) is 90.2 Å². The third-order valence-corrected chi connectivity index (χ3v) is 12.9. The number of rotatable bonds is 8. The Morgan fingerprint density at radius 1 is 0.948 bits per heavy atom. The number of alkyl carbamates (subject to hydrolysis) is 1. The Bertz CT molecular complexity index is 1950. The first-order chi connectivity index (χ1) is 27.0. The highest BCUT2D eigenvalue weighted by molar-refractivity contribution is 6.40. The minimum absolute atomic E-state index is 0.0747. The molecule has 4 aliphatic rings. The molecule has 15 heteroatoms. The number of aliphatic hydroxyl groups excluding tert-OH is 2. The monoisotopic (exact) mass is 807 g/mol. The normalized spacial score (nSPS) is 34.9. The van der Waals surface area contributed by atoms with E-state index < -0.39 is 124 Å². The topological polar surface area (TPSA) is 221 Å². The fourth-order valence-electron chi connectivity index (χ4n) is 9.87. The highest BCUT2D eigenvalue weighted by atomic mass is 16.6. The van der Waals surface area contributed by atoms with Crippen molar-refractivity contribution in [1.82, 2.24) is 5.32 Å². The smallest absolute Gasteiger partial charge is 0.408 e. The lowest BCUT2D eigenvalue weighted by Gasteiger charge is -2.67. The van der Waals surface area contributed by atoms with Crippen molar-refractivity contribution < 1.29 is 67.8 Å². The second kappa shape index (κ2) is 15.2. The van der Waals surface area contributed by atoms with Gasteiger partial charge in [0.2, 0.25) is 11.6 Å². The molecule has 2 aromatic carbocycles. The molecule has 2 unspecified atom stereocenters. The third-order valence-electron chi connectivity index (χ3n) is 12.9. The SMILES string of the molecule is CC(=O)O[C@@]12CO[C@@H]1C[C@H](O)[C@@]1(C)C(=O)C(=O)C3C(C)[C@@H](OC(=O)[C@@H](O)[C@@H](NC(=O)OC(C)(C)C)c4ccccc4)C[C@@](O)([C@@H](OC(=O)c4ccccc4)[C@H]21)C3(C)C. The van der Waals surface area contributed by atoms with Gasteiger partial charge in [0.25, 0.3) is 0 Å². The zero-order chi connectivity index (χ0) is 42.7. The highest BCUT2D eigenvalue weighted by Crippen LogP contribution is 2.64. The lowest BCUT2D eigenvalue weighted by Crippen LogP contribution is -2.82. The summed E-state index contributed by atoms with van der Waals surface area (Å²) in [6, 6.07) is 14.6. The fourth-order valence-corrected chi connectivity index (χ4v) is 9.87. The number of hydrogen-bond acceptors (Lipinski definition) is 14. The molecule has 58 heavy (non-hydrogen) atoms. The van der Waals surface area contributed by atoms with Crippen LogP contribution in [0.25, 0.3) is 0 Å². The summed E-state index contributed by atoms with van der Waals surface area (Å²) < 4.78 is 29.5. The van der Waals surface area contributed by atoms with Crippen LogP contribution in [0.15, 0.2) is 60.7 Å². The highest BCUT2D eigenvalue weighted by Gasteiger charge is 2.79. The Labute approximate surface area is 336 Å². The van der Waals surface area contributed by atoms with E-state index in [-0.39, 0.29) is 18.6 Å². The zero-order valence-corrected chi connectivity index (χ0v) is 33.9. The average Bonchev–Trinajstić information content (AvgIpc) is 3.14. The number of amides is 1. The second-order valence-corrected chi connectivity index (χ2v) is 17.9. The van der Waals surface area contributed by atoms with Gasteiger partial charge >= 0.3 is 24.0 Å². The molecule has 4 N–H and O–H groups in total. The quantitative estimate of drug-likeness (QED) is 0.171. The number of carbonyl (C=O) groups excluding carboxylic acids is 6. The molecular weight excluding hydrogens is 754 g/mol. The number of esters is 3. The van der Waals surface area contributed by atoms with Gasteiger partial charge in [-0.15, -0.1) is 0 Å². The van der Waals surface area contributed by atoms with E-state index in [1.54, 1.807) is 90.1 Å².